The van der Waals surface area contributed by atoms with E-state index >= 15 is 0 Å². The van der Waals surface area contributed by atoms with E-state index in [4.69, 9.17) is 10.5 Å². The fourth-order valence-corrected chi connectivity index (χ4v) is 2.19. The molecule has 0 aliphatic rings. The van der Waals surface area contributed by atoms with Gasteiger partial charge in [-0.2, -0.15) is 0 Å². The SMILES string of the molecule is COCCN(C)C(c1cccc(C)c1)C(C)N. The van der Waals surface area contributed by atoms with Crippen molar-refractivity contribution in [2.24, 2.45) is 5.73 Å². The van der Waals surface area contributed by atoms with Crippen molar-refractivity contribution in [3.63, 3.8) is 0 Å². The number of aryl methyl sites for hydroxylation is 1. The number of hydrogen-bond donors (Lipinski definition) is 1. The zero-order valence-corrected chi connectivity index (χ0v) is 11.3. The van der Waals surface area contributed by atoms with Gasteiger partial charge in [-0.3, -0.25) is 4.90 Å². The second-order valence-electron chi connectivity index (χ2n) is 4.69. The fourth-order valence-electron chi connectivity index (χ4n) is 2.19. The predicted molar refractivity (Wildman–Crippen MR) is 72.1 cm³/mol. The number of likely N-dealkylation sites (N-methyl/N-ethyl adjacent to an activating group) is 1. The molecule has 0 fully saturated rings. The molecule has 1 rings (SSSR count). The van der Waals surface area contributed by atoms with Gasteiger partial charge in [-0.25, -0.2) is 0 Å². The van der Waals surface area contributed by atoms with E-state index in [1.807, 2.05) is 0 Å². The molecule has 0 bridgehead atoms. The molecule has 1 aromatic rings. The molecule has 17 heavy (non-hydrogen) atoms. The molecule has 0 aliphatic heterocycles. The molecule has 0 heterocycles. The fraction of sp³-hybridized carbons (Fsp3) is 0.571. The van der Waals surface area contributed by atoms with Crippen molar-refractivity contribution < 1.29 is 4.74 Å². The zero-order chi connectivity index (χ0) is 12.8. The second kappa shape index (κ2) is 6.74. The third-order valence-corrected chi connectivity index (χ3v) is 3.00. The smallest absolute Gasteiger partial charge is 0.0589 e. The highest BCUT2D eigenvalue weighted by Crippen LogP contribution is 2.22. The summed E-state index contributed by atoms with van der Waals surface area (Å²) >= 11 is 0. The third-order valence-electron chi connectivity index (χ3n) is 3.00. The van der Waals surface area contributed by atoms with Gasteiger partial charge < -0.3 is 10.5 Å². The van der Waals surface area contributed by atoms with E-state index in [2.05, 4.69) is 50.1 Å². The lowest BCUT2D eigenvalue weighted by Crippen LogP contribution is -2.38. The minimum atomic E-state index is 0.0960. The molecule has 96 valence electrons. The highest BCUT2D eigenvalue weighted by molar-refractivity contribution is 5.26. The molecule has 0 aromatic heterocycles. The Kier molecular flexibility index (Phi) is 5.62. The average molecular weight is 236 g/mol. The van der Waals surface area contributed by atoms with Crippen molar-refractivity contribution in [1.29, 1.82) is 0 Å². The van der Waals surface area contributed by atoms with Crippen LogP contribution in [0, 0.1) is 6.92 Å². The van der Waals surface area contributed by atoms with E-state index in [0.717, 1.165) is 13.2 Å². The van der Waals surface area contributed by atoms with Crippen LogP contribution in [0.4, 0.5) is 0 Å². The summed E-state index contributed by atoms with van der Waals surface area (Å²) in [5.41, 5.74) is 8.66. The van der Waals surface area contributed by atoms with Gasteiger partial charge in [-0.1, -0.05) is 29.8 Å². The Balaban J connectivity index is 2.85. The molecule has 3 heteroatoms. The van der Waals surface area contributed by atoms with Crippen LogP contribution in [-0.4, -0.2) is 38.3 Å². The Bertz CT molecular complexity index is 339. The summed E-state index contributed by atoms with van der Waals surface area (Å²) in [5.74, 6) is 0. The molecule has 2 N–H and O–H groups in total. The van der Waals surface area contributed by atoms with E-state index in [-0.39, 0.29) is 12.1 Å². The van der Waals surface area contributed by atoms with Crippen LogP contribution in [0.15, 0.2) is 24.3 Å². The number of methoxy groups -OCH3 is 1. The maximum atomic E-state index is 6.11. The summed E-state index contributed by atoms with van der Waals surface area (Å²) in [6, 6.07) is 8.88. The first-order valence-electron chi connectivity index (χ1n) is 6.07. The van der Waals surface area contributed by atoms with Crippen molar-refractivity contribution in [2.45, 2.75) is 25.9 Å². The molecular weight excluding hydrogens is 212 g/mol. The molecule has 3 nitrogen and oxygen atoms in total. The van der Waals surface area contributed by atoms with Gasteiger partial charge in [0.05, 0.1) is 6.61 Å². The van der Waals surface area contributed by atoms with E-state index in [0.29, 0.717) is 0 Å². The topological polar surface area (TPSA) is 38.5 Å². The average Bonchev–Trinajstić information content (AvgIpc) is 2.26. The van der Waals surface area contributed by atoms with Crippen molar-refractivity contribution in [1.82, 2.24) is 4.90 Å². The van der Waals surface area contributed by atoms with Crippen LogP contribution in [0.1, 0.15) is 24.1 Å². The van der Waals surface area contributed by atoms with Gasteiger partial charge in [0.2, 0.25) is 0 Å². The van der Waals surface area contributed by atoms with Crippen LogP contribution in [0.3, 0.4) is 0 Å². The van der Waals surface area contributed by atoms with Gasteiger partial charge in [0.15, 0.2) is 0 Å². The number of nitrogens with two attached hydrogens (primary N) is 1. The monoisotopic (exact) mass is 236 g/mol. The standard InChI is InChI=1S/C14H24N2O/c1-11-6-5-7-13(10-11)14(12(2)15)16(3)8-9-17-4/h5-7,10,12,14H,8-9,15H2,1-4H3. The lowest BCUT2D eigenvalue weighted by Gasteiger charge is -2.31. The third kappa shape index (κ3) is 4.11. The van der Waals surface area contributed by atoms with Crippen molar-refractivity contribution in [3.05, 3.63) is 35.4 Å². The first-order chi connectivity index (χ1) is 8.06. The van der Waals surface area contributed by atoms with Crippen molar-refractivity contribution >= 4 is 0 Å². The lowest BCUT2D eigenvalue weighted by molar-refractivity contribution is 0.131. The molecule has 0 saturated carbocycles. The van der Waals surface area contributed by atoms with Gasteiger partial charge >= 0.3 is 0 Å². The first-order valence-corrected chi connectivity index (χ1v) is 6.07. The minimum Gasteiger partial charge on any atom is -0.383 e. The van der Waals surface area contributed by atoms with Crippen molar-refractivity contribution in [3.8, 4) is 0 Å². The maximum absolute atomic E-state index is 6.11. The summed E-state index contributed by atoms with van der Waals surface area (Å²) < 4.78 is 5.12. The van der Waals surface area contributed by atoms with Crippen LogP contribution in [0.25, 0.3) is 0 Å². The minimum absolute atomic E-state index is 0.0960. The van der Waals surface area contributed by atoms with E-state index in [9.17, 15) is 0 Å². The molecule has 0 amide bonds. The molecule has 2 atom stereocenters. The van der Waals surface area contributed by atoms with Crippen LogP contribution in [0.2, 0.25) is 0 Å². The van der Waals surface area contributed by atoms with Crippen molar-refractivity contribution in [2.75, 3.05) is 27.3 Å². The first kappa shape index (κ1) is 14.2. The molecule has 0 saturated heterocycles. The van der Waals surface area contributed by atoms with Gasteiger partial charge in [-0.05, 0) is 26.5 Å². The van der Waals surface area contributed by atoms with Gasteiger partial charge in [0.25, 0.3) is 0 Å². The van der Waals surface area contributed by atoms with Gasteiger partial charge in [0, 0.05) is 25.7 Å². The summed E-state index contributed by atoms with van der Waals surface area (Å²) in [5, 5.41) is 0. The van der Waals surface area contributed by atoms with Crippen LogP contribution < -0.4 is 5.73 Å². The maximum Gasteiger partial charge on any atom is 0.0589 e. The Labute approximate surface area is 105 Å². The number of ether oxygens (including phenoxy) is 1. The molecule has 2 unspecified atom stereocenters. The second-order valence-corrected chi connectivity index (χ2v) is 4.69. The van der Waals surface area contributed by atoms with E-state index in [1.165, 1.54) is 11.1 Å². The Morgan fingerprint density at radius 2 is 2.12 bits per heavy atom. The Hall–Kier alpha value is -0.900. The summed E-state index contributed by atoms with van der Waals surface area (Å²) in [7, 11) is 3.82. The number of nitrogens with zero attached hydrogens (tertiary/aromatic N) is 1. The molecule has 0 radical (unpaired) electrons. The summed E-state index contributed by atoms with van der Waals surface area (Å²) in [6.07, 6.45) is 0. The lowest BCUT2D eigenvalue weighted by atomic mass is 9.98. The normalized spacial score (nSPS) is 14.9. The van der Waals surface area contributed by atoms with E-state index in [1.54, 1.807) is 7.11 Å². The van der Waals surface area contributed by atoms with Gasteiger partial charge in [-0.15, -0.1) is 0 Å². The van der Waals surface area contributed by atoms with Crippen LogP contribution in [-0.2, 0) is 4.74 Å². The molecule has 1 aromatic carbocycles. The Morgan fingerprint density at radius 1 is 1.41 bits per heavy atom. The quantitative estimate of drug-likeness (QED) is 0.820. The highest BCUT2D eigenvalue weighted by atomic mass is 16.5. The van der Waals surface area contributed by atoms with Gasteiger partial charge in [0.1, 0.15) is 0 Å². The largest absolute Gasteiger partial charge is 0.383 e. The number of hydrogen-bond acceptors (Lipinski definition) is 3. The van der Waals surface area contributed by atoms with Crippen LogP contribution >= 0.6 is 0 Å². The zero-order valence-electron chi connectivity index (χ0n) is 11.3. The number of rotatable bonds is 6. The summed E-state index contributed by atoms with van der Waals surface area (Å²) in [6.45, 7) is 5.77. The molecule has 0 spiro atoms. The molecular formula is C14H24N2O. The predicted octanol–water partition coefficient (Wildman–Crippen LogP) is 1.96. The summed E-state index contributed by atoms with van der Waals surface area (Å²) in [4.78, 5) is 2.25. The molecule has 0 aliphatic carbocycles. The Morgan fingerprint density at radius 3 is 2.65 bits per heavy atom. The van der Waals surface area contributed by atoms with E-state index < -0.39 is 0 Å². The number of benzene rings is 1. The van der Waals surface area contributed by atoms with Crippen LogP contribution in [0.5, 0.6) is 0 Å². The highest BCUT2D eigenvalue weighted by Gasteiger charge is 2.20.